The summed E-state index contributed by atoms with van der Waals surface area (Å²) >= 11 is 0. The fraction of sp³-hybridized carbons (Fsp3) is 0.294. The van der Waals surface area contributed by atoms with E-state index in [4.69, 9.17) is 10.5 Å². The van der Waals surface area contributed by atoms with Crippen molar-refractivity contribution >= 4 is 5.91 Å². The Bertz CT molecular complexity index is 828. The summed E-state index contributed by atoms with van der Waals surface area (Å²) < 4.78 is 1.71. The van der Waals surface area contributed by atoms with Crippen molar-refractivity contribution in [1.29, 1.82) is 10.5 Å². The molecule has 120 valence electrons. The van der Waals surface area contributed by atoms with Crippen LogP contribution in [0.2, 0.25) is 0 Å². The highest BCUT2D eigenvalue weighted by molar-refractivity contribution is 5.92. The molecule has 7 nitrogen and oxygen atoms in total. The third-order valence-electron chi connectivity index (χ3n) is 4.07. The summed E-state index contributed by atoms with van der Waals surface area (Å²) in [5.41, 5.74) is 1.66. The Labute approximate surface area is 139 Å². The number of carbonyl (C=O) groups excluding carboxylic acids is 1. The van der Waals surface area contributed by atoms with E-state index in [9.17, 15) is 4.79 Å². The van der Waals surface area contributed by atoms with Crippen LogP contribution in [0.15, 0.2) is 36.8 Å². The first-order valence-corrected chi connectivity index (χ1v) is 7.67. The molecule has 1 aromatic carbocycles. The molecular weight excluding hydrogens is 304 g/mol. The van der Waals surface area contributed by atoms with Gasteiger partial charge in [0.2, 0.25) is 0 Å². The highest BCUT2D eigenvalue weighted by atomic mass is 16.1. The van der Waals surface area contributed by atoms with E-state index in [1.165, 1.54) is 0 Å². The smallest absolute Gasteiger partial charge is 0.271 e. The SMILES string of the molecule is N#Cc1cccc(-n2cnc(C(=O)NC[C@H]3CCN(C#N)C3)c2)c1. The maximum Gasteiger partial charge on any atom is 0.271 e. The summed E-state index contributed by atoms with van der Waals surface area (Å²) in [5, 5.41) is 20.7. The largest absolute Gasteiger partial charge is 0.350 e. The minimum Gasteiger partial charge on any atom is -0.350 e. The number of likely N-dealkylation sites (tertiary alicyclic amines) is 1. The summed E-state index contributed by atoms with van der Waals surface area (Å²) in [6.07, 6.45) is 6.23. The molecule has 0 unspecified atom stereocenters. The summed E-state index contributed by atoms with van der Waals surface area (Å²) in [6, 6.07) is 9.18. The second-order valence-corrected chi connectivity index (χ2v) is 5.74. The number of hydrogen-bond donors (Lipinski definition) is 1. The molecule has 1 amide bonds. The number of aromatic nitrogens is 2. The number of nitriles is 2. The molecule has 1 fully saturated rings. The molecule has 24 heavy (non-hydrogen) atoms. The lowest BCUT2D eigenvalue weighted by molar-refractivity contribution is 0.0943. The number of nitrogens with zero attached hydrogens (tertiary/aromatic N) is 5. The van der Waals surface area contributed by atoms with E-state index in [2.05, 4.69) is 22.6 Å². The van der Waals surface area contributed by atoms with Gasteiger partial charge in [-0.1, -0.05) is 6.07 Å². The van der Waals surface area contributed by atoms with Crippen molar-refractivity contribution in [3.05, 3.63) is 48.0 Å². The Kier molecular flexibility index (Phi) is 4.44. The summed E-state index contributed by atoms with van der Waals surface area (Å²) in [6.45, 7) is 1.97. The predicted octanol–water partition coefficient (Wildman–Crippen LogP) is 1.28. The number of carbonyl (C=O) groups is 1. The number of benzene rings is 1. The monoisotopic (exact) mass is 320 g/mol. The van der Waals surface area contributed by atoms with Gasteiger partial charge in [0, 0.05) is 31.5 Å². The van der Waals surface area contributed by atoms with Gasteiger partial charge in [0.15, 0.2) is 6.19 Å². The van der Waals surface area contributed by atoms with E-state index in [1.807, 2.05) is 6.07 Å². The molecule has 1 saturated heterocycles. The minimum absolute atomic E-state index is 0.236. The highest BCUT2D eigenvalue weighted by Gasteiger charge is 2.22. The normalized spacial score (nSPS) is 16.4. The topological polar surface area (TPSA) is 97.7 Å². The lowest BCUT2D eigenvalue weighted by Crippen LogP contribution is -2.30. The van der Waals surface area contributed by atoms with Gasteiger partial charge < -0.3 is 14.8 Å². The van der Waals surface area contributed by atoms with Crippen molar-refractivity contribution < 1.29 is 4.79 Å². The van der Waals surface area contributed by atoms with Gasteiger partial charge in [-0.15, -0.1) is 0 Å². The van der Waals surface area contributed by atoms with Crippen LogP contribution < -0.4 is 5.32 Å². The molecule has 0 radical (unpaired) electrons. The molecule has 0 bridgehead atoms. The first-order valence-electron chi connectivity index (χ1n) is 7.67. The Morgan fingerprint density at radius 3 is 3.04 bits per heavy atom. The molecule has 1 N–H and O–H groups in total. The van der Waals surface area contributed by atoms with E-state index in [-0.39, 0.29) is 5.91 Å². The van der Waals surface area contributed by atoms with Crippen molar-refractivity contribution in [2.75, 3.05) is 19.6 Å². The lowest BCUT2D eigenvalue weighted by Gasteiger charge is -2.10. The Morgan fingerprint density at radius 1 is 1.42 bits per heavy atom. The van der Waals surface area contributed by atoms with Crippen LogP contribution in [0, 0.1) is 28.7 Å². The van der Waals surface area contributed by atoms with Gasteiger partial charge in [0.1, 0.15) is 12.0 Å². The second kappa shape index (κ2) is 6.84. The zero-order valence-corrected chi connectivity index (χ0v) is 13.0. The molecule has 3 rings (SSSR count). The van der Waals surface area contributed by atoms with Gasteiger partial charge in [-0.2, -0.15) is 10.5 Å². The molecule has 1 atom stereocenters. The molecule has 0 saturated carbocycles. The number of amides is 1. The molecule has 0 aliphatic carbocycles. The number of rotatable bonds is 4. The molecular formula is C17H16N6O. The van der Waals surface area contributed by atoms with Gasteiger partial charge in [0.05, 0.1) is 11.6 Å². The van der Waals surface area contributed by atoms with Crippen LogP contribution >= 0.6 is 0 Å². The van der Waals surface area contributed by atoms with Gasteiger partial charge in [-0.25, -0.2) is 4.98 Å². The van der Waals surface area contributed by atoms with Gasteiger partial charge in [0.25, 0.3) is 5.91 Å². The summed E-state index contributed by atoms with van der Waals surface area (Å²) in [5.74, 6) is 0.0589. The van der Waals surface area contributed by atoms with Gasteiger partial charge >= 0.3 is 0 Å². The highest BCUT2D eigenvalue weighted by Crippen LogP contribution is 2.14. The molecule has 1 aromatic heterocycles. The standard InChI is InChI=1S/C17H16N6O/c18-7-13-2-1-3-15(6-13)23-10-16(21-12-23)17(24)20-8-14-4-5-22(9-14)11-19/h1-3,6,10,12,14H,4-5,8-9H2,(H,20,24)/t14-/m1/s1. The zero-order chi connectivity index (χ0) is 16.9. The first kappa shape index (κ1) is 15.6. The maximum absolute atomic E-state index is 12.2. The van der Waals surface area contributed by atoms with Crippen LogP contribution in [-0.2, 0) is 0 Å². The van der Waals surface area contributed by atoms with Crippen molar-refractivity contribution in [3.8, 4) is 17.9 Å². The predicted molar refractivity (Wildman–Crippen MR) is 85.9 cm³/mol. The van der Waals surface area contributed by atoms with Crippen molar-refractivity contribution in [3.63, 3.8) is 0 Å². The van der Waals surface area contributed by atoms with E-state index in [0.717, 1.165) is 18.7 Å². The molecule has 2 heterocycles. The van der Waals surface area contributed by atoms with Crippen LogP contribution in [0.1, 0.15) is 22.5 Å². The number of imidazole rings is 1. The van der Waals surface area contributed by atoms with E-state index in [0.29, 0.717) is 30.3 Å². The molecule has 0 spiro atoms. The van der Waals surface area contributed by atoms with Crippen LogP contribution in [-0.4, -0.2) is 40.0 Å². The molecule has 1 aliphatic rings. The van der Waals surface area contributed by atoms with Crippen LogP contribution in [0.25, 0.3) is 5.69 Å². The van der Waals surface area contributed by atoms with Gasteiger partial charge in [-0.3, -0.25) is 4.79 Å². The number of nitrogens with one attached hydrogen (secondary N) is 1. The fourth-order valence-corrected chi connectivity index (χ4v) is 2.74. The third-order valence-corrected chi connectivity index (χ3v) is 4.07. The van der Waals surface area contributed by atoms with Crippen LogP contribution in [0.3, 0.4) is 0 Å². The average molecular weight is 320 g/mol. The summed E-state index contributed by atoms with van der Waals surface area (Å²) in [4.78, 5) is 18.0. The molecule has 1 aliphatic heterocycles. The fourth-order valence-electron chi connectivity index (χ4n) is 2.74. The van der Waals surface area contributed by atoms with Gasteiger partial charge in [-0.05, 0) is 30.5 Å². The maximum atomic E-state index is 12.2. The van der Waals surface area contributed by atoms with Crippen LogP contribution in [0.5, 0.6) is 0 Å². The Balaban J connectivity index is 1.62. The van der Waals surface area contributed by atoms with E-state index < -0.39 is 0 Å². The third kappa shape index (κ3) is 3.36. The second-order valence-electron chi connectivity index (χ2n) is 5.74. The molecule has 2 aromatic rings. The number of hydrogen-bond acceptors (Lipinski definition) is 5. The van der Waals surface area contributed by atoms with Crippen molar-refractivity contribution in [2.45, 2.75) is 6.42 Å². The van der Waals surface area contributed by atoms with Crippen molar-refractivity contribution in [1.82, 2.24) is 19.8 Å². The van der Waals surface area contributed by atoms with E-state index >= 15 is 0 Å². The molecule has 7 heteroatoms. The lowest BCUT2D eigenvalue weighted by atomic mass is 10.1. The minimum atomic E-state index is -0.236. The first-order chi connectivity index (χ1) is 11.7. The quantitative estimate of drug-likeness (QED) is 0.856. The van der Waals surface area contributed by atoms with Crippen LogP contribution in [0.4, 0.5) is 0 Å². The van der Waals surface area contributed by atoms with Crippen molar-refractivity contribution in [2.24, 2.45) is 5.92 Å². The Hall–Kier alpha value is -3.32. The van der Waals surface area contributed by atoms with E-state index in [1.54, 1.807) is 40.2 Å². The average Bonchev–Trinajstić information content (AvgIpc) is 3.29. The Morgan fingerprint density at radius 2 is 2.29 bits per heavy atom. The summed E-state index contributed by atoms with van der Waals surface area (Å²) in [7, 11) is 0. The zero-order valence-electron chi connectivity index (χ0n) is 13.0.